The fraction of sp³-hybridized carbons (Fsp3) is 0.650. The molecule has 0 aliphatic carbocycles. The lowest BCUT2D eigenvalue weighted by molar-refractivity contribution is 0.0952. The van der Waals surface area contributed by atoms with Crippen LogP contribution in [0.5, 0.6) is 5.75 Å². The zero-order valence-electron chi connectivity index (χ0n) is 15.3. The first-order chi connectivity index (χ1) is 10.9. The van der Waals surface area contributed by atoms with Crippen molar-refractivity contribution in [1.29, 1.82) is 0 Å². The van der Waals surface area contributed by atoms with Crippen molar-refractivity contribution in [1.82, 2.24) is 4.90 Å². The topological polar surface area (TPSA) is 29.5 Å². The summed E-state index contributed by atoms with van der Waals surface area (Å²) in [7, 11) is 0. The largest absolute Gasteiger partial charge is 0.491 e. The average molecular weight is 317 g/mol. The minimum Gasteiger partial charge on any atom is -0.491 e. The summed E-state index contributed by atoms with van der Waals surface area (Å²) in [5.74, 6) is 1.97. The lowest BCUT2D eigenvalue weighted by Crippen LogP contribution is -2.34. The zero-order valence-corrected chi connectivity index (χ0v) is 15.3. The molecule has 0 unspecified atom stereocenters. The first-order valence-electron chi connectivity index (χ1n) is 8.90. The van der Waals surface area contributed by atoms with Crippen molar-refractivity contribution >= 4 is 5.78 Å². The van der Waals surface area contributed by atoms with E-state index in [9.17, 15) is 4.79 Å². The van der Waals surface area contributed by atoms with Crippen LogP contribution in [0.25, 0.3) is 0 Å². The fourth-order valence-corrected chi connectivity index (χ4v) is 3.15. The number of Topliss-reactive ketones (excluding diaryl/α,β-unsaturated/α-hetero) is 1. The van der Waals surface area contributed by atoms with Crippen LogP contribution in [0, 0.1) is 19.8 Å². The van der Waals surface area contributed by atoms with Gasteiger partial charge in [-0.2, -0.15) is 0 Å². The van der Waals surface area contributed by atoms with Gasteiger partial charge in [-0.15, -0.1) is 0 Å². The van der Waals surface area contributed by atoms with Crippen LogP contribution in [0.3, 0.4) is 0 Å². The van der Waals surface area contributed by atoms with Crippen LogP contribution in [0.2, 0.25) is 0 Å². The molecule has 1 fully saturated rings. The normalized spacial score (nSPS) is 16.8. The summed E-state index contributed by atoms with van der Waals surface area (Å²) in [6.07, 6.45) is 3.27. The lowest BCUT2D eigenvalue weighted by atomic mass is 9.97. The van der Waals surface area contributed by atoms with Gasteiger partial charge in [0.25, 0.3) is 0 Å². The molecule has 0 bridgehead atoms. The Kier molecular flexibility index (Phi) is 6.23. The van der Waals surface area contributed by atoms with E-state index >= 15 is 0 Å². The fourth-order valence-electron chi connectivity index (χ4n) is 3.15. The van der Waals surface area contributed by atoms with E-state index in [0.29, 0.717) is 6.42 Å². The molecule has 0 saturated carbocycles. The van der Waals surface area contributed by atoms with Gasteiger partial charge in [0, 0.05) is 18.5 Å². The predicted molar refractivity (Wildman–Crippen MR) is 95.5 cm³/mol. The van der Waals surface area contributed by atoms with E-state index in [4.69, 9.17) is 4.74 Å². The predicted octanol–water partition coefficient (Wildman–Crippen LogP) is 4.40. The maximum atomic E-state index is 12.6. The van der Waals surface area contributed by atoms with E-state index in [1.807, 2.05) is 39.8 Å². The van der Waals surface area contributed by atoms with E-state index in [2.05, 4.69) is 11.8 Å². The minimum atomic E-state index is 0.149. The summed E-state index contributed by atoms with van der Waals surface area (Å²) in [5.41, 5.74) is 2.91. The Labute approximate surface area is 141 Å². The van der Waals surface area contributed by atoms with Crippen LogP contribution >= 0.6 is 0 Å². The van der Waals surface area contributed by atoms with Crippen LogP contribution in [0.4, 0.5) is 0 Å². The molecule has 1 heterocycles. The third-order valence-corrected chi connectivity index (χ3v) is 4.72. The number of rotatable bonds is 6. The van der Waals surface area contributed by atoms with Crippen LogP contribution in [0.1, 0.15) is 61.5 Å². The lowest BCUT2D eigenvalue weighted by Gasteiger charge is -2.29. The Hall–Kier alpha value is -1.35. The molecule has 1 aromatic rings. The van der Waals surface area contributed by atoms with Crippen LogP contribution in [-0.2, 0) is 0 Å². The summed E-state index contributed by atoms with van der Waals surface area (Å²) in [6.45, 7) is 13.5. The second-order valence-electron chi connectivity index (χ2n) is 7.30. The molecular formula is C20H31NO2. The quantitative estimate of drug-likeness (QED) is 0.729. The molecule has 23 heavy (non-hydrogen) atoms. The van der Waals surface area contributed by atoms with E-state index < -0.39 is 0 Å². The van der Waals surface area contributed by atoms with Gasteiger partial charge in [-0.25, -0.2) is 0 Å². The van der Waals surface area contributed by atoms with Gasteiger partial charge in [0.2, 0.25) is 0 Å². The highest BCUT2D eigenvalue weighted by Gasteiger charge is 2.18. The van der Waals surface area contributed by atoms with Crippen LogP contribution < -0.4 is 4.74 Å². The number of carbonyl (C=O) groups is 1. The van der Waals surface area contributed by atoms with Crippen LogP contribution in [-0.4, -0.2) is 36.4 Å². The number of ether oxygens (including phenoxy) is 1. The molecule has 0 amide bonds. The molecule has 2 rings (SSSR count). The summed E-state index contributed by atoms with van der Waals surface area (Å²) in [6, 6.07) is 4.00. The number of nitrogens with zero attached hydrogens (tertiary/aromatic N) is 1. The molecule has 1 aliphatic rings. The van der Waals surface area contributed by atoms with Crippen molar-refractivity contribution in [2.75, 3.05) is 19.6 Å². The summed E-state index contributed by atoms with van der Waals surface area (Å²) in [4.78, 5) is 15.0. The average Bonchev–Trinajstić information content (AvgIpc) is 2.49. The summed E-state index contributed by atoms with van der Waals surface area (Å²) in [5, 5.41) is 0. The third kappa shape index (κ3) is 5.07. The second-order valence-corrected chi connectivity index (χ2v) is 7.30. The SMILES string of the molecule is Cc1cc(C(=O)CCN2CCC(C)CC2)c(C)cc1OC(C)C. The van der Waals surface area contributed by atoms with Crippen molar-refractivity contribution in [3.63, 3.8) is 0 Å². The molecule has 0 spiro atoms. The van der Waals surface area contributed by atoms with Crippen molar-refractivity contribution < 1.29 is 9.53 Å². The molecule has 3 heteroatoms. The van der Waals surface area contributed by atoms with Crippen molar-refractivity contribution in [3.05, 3.63) is 28.8 Å². The van der Waals surface area contributed by atoms with E-state index in [-0.39, 0.29) is 11.9 Å². The third-order valence-electron chi connectivity index (χ3n) is 4.72. The maximum absolute atomic E-state index is 12.6. The zero-order chi connectivity index (χ0) is 17.0. The maximum Gasteiger partial charge on any atom is 0.164 e. The molecule has 0 atom stereocenters. The van der Waals surface area contributed by atoms with Crippen molar-refractivity contribution in [2.24, 2.45) is 5.92 Å². The van der Waals surface area contributed by atoms with Gasteiger partial charge >= 0.3 is 0 Å². The summed E-state index contributed by atoms with van der Waals surface area (Å²) < 4.78 is 5.81. The van der Waals surface area contributed by atoms with E-state index in [1.54, 1.807) is 0 Å². The van der Waals surface area contributed by atoms with Gasteiger partial charge < -0.3 is 9.64 Å². The number of carbonyl (C=O) groups excluding carboxylic acids is 1. The Morgan fingerprint density at radius 1 is 1.22 bits per heavy atom. The minimum absolute atomic E-state index is 0.149. The van der Waals surface area contributed by atoms with E-state index in [1.165, 1.54) is 12.8 Å². The van der Waals surface area contributed by atoms with Gasteiger partial charge in [0.15, 0.2) is 5.78 Å². The molecule has 1 aliphatic heterocycles. The second kappa shape index (κ2) is 7.96. The molecule has 0 N–H and O–H groups in total. The monoisotopic (exact) mass is 317 g/mol. The summed E-state index contributed by atoms with van der Waals surface area (Å²) >= 11 is 0. The number of ketones is 1. The molecule has 3 nitrogen and oxygen atoms in total. The Balaban J connectivity index is 1.97. The number of hydrogen-bond donors (Lipinski definition) is 0. The van der Waals surface area contributed by atoms with Crippen molar-refractivity contribution in [3.8, 4) is 5.75 Å². The van der Waals surface area contributed by atoms with E-state index in [0.717, 1.165) is 48.0 Å². The standard InChI is InChI=1S/C20H31NO2/c1-14(2)23-20-13-16(4)18(12-17(20)5)19(22)8-11-21-9-6-15(3)7-10-21/h12-15H,6-11H2,1-5H3. The van der Waals surface area contributed by atoms with Crippen LogP contribution in [0.15, 0.2) is 12.1 Å². The number of piperidine rings is 1. The Bertz CT molecular complexity index is 543. The smallest absolute Gasteiger partial charge is 0.164 e. The van der Waals surface area contributed by atoms with Gasteiger partial charge in [0.05, 0.1) is 6.10 Å². The molecule has 1 aromatic carbocycles. The first-order valence-corrected chi connectivity index (χ1v) is 8.90. The first kappa shape index (κ1) is 18.0. The molecule has 0 aromatic heterocycles. The molecule has 1 saturated heterocycles. The Morgan fingerprint density at radius 3 is 2.48 bits per heavy atom. The number of likely N-dealkylation sites (tertiary alicyclic amines) is 1. The van der Waals surface area contributed by atoms with Gasteiger partial charge in [-0.05, 0) is 82.8 Å². The molecular weight excluding hydrogens is 286 g/mol. The van der Waals surface area contributed by atoms with Gasteiger partial charge in [0.1, 0.15) is 5.75 Å². The van der Waals surface area contributed by atoms with Gasteiger partial charge in [-0.3, -0.25) is 4.79 Å². The van der Waals surface area contributed by atoms with Gasteiger partial charge in [-0.1, -0.05) is 6.92 Å². The number of hydrogen-bond acceptors (Lipinski definition) is 3. The molecule has 0 radical (unpaired) electrons. The van der Waals surface area contributed by atoms with Crippen molar-refractivity contribution in [2.45, 2.75) is 60.0 Å². The highest BCUT2D eigenvalue weighted by Crippen LogP contribution is 2.25. The number of benzene rings is 1. The highest BCUT2D eigenvalue weighted by atomic mass is 16.5. The highest BCUT2D eigenvalue weighted by molar-refractivity contribution is 5.98. The molecule has 128 valence electrons. The Morgan fingerprint density at radius 2 is 1.87 bits per heavy atom. The number of aryl methyl sites for hydroxylation is 2.